The topological polar surface area (TPSA) is 71.1 Å². The summed E-state index contributed by atoms with van der Waals surface area (Å²) >= 11 is 12.0. The average Bonchev–Trinajstić information content (AvgIpc) is 2.90. The minimum atomic E-state index is -0.750. The van der Waals surface area contributed by atoms with Crippen molar-refractivity contribution in [2.24, 2.45) is 0 Å². The quantitative estimate of drug-likeness (QED) is 0.447. The van der Waals surface area contributed by atoms with Crippen LogP contribution in [-0.4, -0.2) is 56.1 Å². The van der Waals surface area contributed by atoms with Crippen LogP contribution in [0.2, 0.25) is 10.0 Å². The number of nitrogens with one attached hydrogen (secondary N) is 1. The number of anilines is 2. The zero-order valence-corrected chi connectivity index (χ0v) is 21.6. The first-order chi connectivity index (χ1) is 17.3. The molecular weight excluding hydrogens is 501 g/mol. The van der Waals surface area contributed by atoms with Crippen molar-refractivity contribution < 1.29 is 19.1 Å². The Morgan fingerprint density at radius 1 is 0.917 bits per heavy atom. The third-order valence-corrected chi connectivity index (χ3v) is 6.50. The number of amides is 2. The highest BCUT2D eigenvalue weighted by Crippen LogP contribution is 2.28. The van der Waals surface area contributed by atoms with E-state index in [0.29, 0.717) is 40.1 Å². The van der Waals surface area contributed by atoms with Crippen LogP contribution in [0.3, 0.4) is 0 Å². The monoisotopic (exact) mass is 527 g/mol. The van der Waals surface area contributed by atoms with Crippen LogP contribution in [-0.2, 0) is 4.79 Å². The second-order valence-electron chi connectivity index (χ2n) is 8.38. The van der Waals surface area contributed by atoms with Crippen molar-refractivity contribution in [3.8, 4) is 11.5 Å². The Morgan fingerprint density at radius 3 is 2.19 bits per heavy atom. The molecule has 0 bridgehead atoms. The highest BCUT2D eigenvalue weighted by Gasteiger charge is 2.23. The van der Waals surface area contributed by atoms with Gasteiger partial charge in [-0.25, -0.2) is 0 Å². The largest absolute Gasteiger partial charge is 0.497 e. The summed E-state index contributed by atoms with van der Waals surface area (Å²) in [5, 5.41) is 3.70. The van der Waals surface area contributed by atoms with Gasteiger partial charge in [0.15, 0.2) is 6.10 Å². The van der Waals surface area contributed by atoms with Crippen molar-refractivity contribution in [3.05, 3.63) is 82.3 Å². The molecule has 188 valence electrons. The number of hydrogen-bond donors (Lipinski definition) is 1. The van der Waals surface area contributed by atoms with E-state index in [0.717, 1.165) is 24.5 Å². The fraction of sp³-hybridized carbons (Fsp3) is 0.259. The molecule has 0 spiro atoms. The highest BCUT2D eigenvalue weighted by atomic mass is 35.5. The van der Waals surface area contributed by atoms with Crippen molar-refractivity contribution in [1.29, 1.82) is 0 Å². The number of halogens is 2. The van der Waals surface area contributed by atoms with Crippen molar-refractivity contribution in [1.82, 2.24) is 4.90 Å². The maximum Gasteiger partial charge on any atom is 0.265 e. The van der Waals surface area contributed by atoms with Gasteiger partial charge in [0.05, 0.1) is 12.1 Å². The molecule has 1 aliphatic heterocycles. The molecule has 1 atom stereocenters. The maximum atomic E-state index is 12.8. The van der Waals surface area contributed by atoms with E-state index in [4.69, 9.17) is 32.7 Å². The van der Waals surface area contributed by atoms with Crippen LogP contribution in [0.1, 0.15) is 17.3 Å². The van der Waals surface area contributed by atoms with Crippen LogP contribution >= 0.6 is 23.2 Å². The summed E-state index contributed by atoms with van der Waals surface area (Å²) in [4.78, 5) is 29.5. The lowest BCUT2D eigenvalue weighted by Gasteiger charge is -2.36. The summed E-state index contributed by atoms with van der Waals surface area (Å²) in [7, 11) is 1.60. The molecule has 36 heavy (non-hydrogen) atoms. The van der Waals surface area contributed by atoms with E-state index in [-0.39, 0.29) is 11.8 Å². The summed E-state index contributed by atoms with van der Waals surface area (Å²) in [6.45, 7) is 4.36. The summed E-state index contributed by atoms with van der Waals surface area (Å²) in [5.74, 6) is 0.846. The minimum Gasteiger partial charge on any atom is -0.497 e. The molecule has 1 heterocycles. The Balaban J connectivity index is 1.28. The number of benzene rings is 3. The Kier molecular flexibility index (Phi) is 8.23. The van der Waals surface area contributed by atoms with Crippen LogP contribution in [0.15, 0.2) is 66.7 Å². The van der Waals surface area contributed by atoms with Gasteiger partial charge in [0, 0.05) is 48.1 Å². The van der Waals surface area contributed by atoms with E-state index in [1.54, 1.807) is 56.5 Å². The second kappa shape index (κ2) is 11.5. The van der Waals surface area contributed by atoms with Gasteiger partial charge in [0.1, 0.15) is 11.5 Å². The summed E-state index contributed by atoms with van der Waals surface area (Å²) in [6.07, 6.45) is -0.750. The van der Waals surface area contributed by atoms with E-state index >= 15 is 0 Å². The Labute approximate surface area is 220 Å². The smallest absolute Gasteiger partial charge is 0.265 e. The molecule has 4 rings (SSSR count). The third-order valence-electron chi connectivity index (χ3n) is 5.97. The highest BCUT2D eigenvalue weighted by molar-refractivity contribution is 6.35. The molecule has 1 aliphatic rings. The van der Waals surface area contributed by atoms with Gasteiger partial charge >= 0.3 is 0 Å². The van der Waals surface area contributed by atoms with Gasteiger partial charge in [-0.1, -0.05) is 23.2 Å². The van der Waals surface area contributed by atoms with Crippen LogP contribution < -0.4 is 19.7 Å². The number of carbonyl (C=O) groups is 2. The zero-order valence-electron chi connectivity index (χ0n) is 20.0. The average molecular weight is 528 g/mol. The standard InChI is InChI=1S/C27H27Cl2N3O4/c1-18(36-25-12-5-20(28)17-24(25)29)26(33)30-21-6-8-22(9-7-21)31-13-15-32(16-14-31)27(34)19-3-10-23(35-2)11-4-19/h3-12,17-18H,13-16H2,1-2H3,(H,30,33). The number of piperazine rings is 1. The van der Waals surface area contributed by atoms with Crippen molar-refractivity contribution in [3.63, 3.8) is 0 Å². The zero-order chi connectivity index (χ0) is 25.7. The molecule has 0 saturated carbocycles. The van der Waals surface area contributed by atoms with Gasteiger partial charge in [-0.3, -0.25) is 9.59 Å². The van der Waals surface area contributed by atoms with E-state index in [1.165, 1.54) is 0 Å². The summed E-state index contributed by atoms with van der Waals surface area (Å²) < 4.78 is 10.8. The normalized spacial score (nSPS) is 14.2. The number of methoxy groups -OCH3 is 1. The molecule has 0 aliphatic carbocycles. The number of hydrogen-bond acceptors (Lipinski definition) is 5. The van der Waals surface area contributed by atoms with Crippen LogP contribution in [0, 0.1) is 0 Å². The van der Waals surface area contributed by atoms with Crippen LogP contribution in [0.4, 0.5) is 11.4 Å². The van der Waals surface area contributed by atoms with E-state index in [1.807, 2.05) is 29.2 Å². The van der Waals surface area contributed by atoms with E-state index in [2.05, 4.69) is 10.2 Å². The Morgan fingerprint density at radius 2 is 1.58 bits per heavy atom. The first-order valence-corrected chi connectivity index (χ1v) is 12.3. The molecule has 0 aromatic heterocycles. The molecule has 1 unspecified atom stereocenters. The molecule has 2 amide bonds. The first kappa shape index (κ1) is 25.7. The van der Waals surface area contributed by atoms with Crippen LogP contribution in [0.25, 0.3) is 0 Å². The molecule has 9 heteroatoms. The van der Waals surface area contributed by atoms with Crippen molar-refractivity contribution in [2.75, 3.05) is 43.5 Å². The van der Waals surface area contributed by atoms with Gasteiger partial charge in [-0.2, -0.15) is 0 Å². The van der Waals surface area contributed by atoms with Gasteiger partial charge in [0.25, 0.3) is 11.8 Å². The summed E-state index contributed by atoms with van der Waals surface area (Å²) in [6, 6.07) is 19.6. The molecular formula is C27H27Cl2N3O4. The van der Waals surface area contributed by atoms with E-state index in [9.17, 15) is 9.59 Å². The first-order valence-electron chi connectivity index (χ1n) is 11.5. The predicted molar refractivity (Wildman–Crippen MR) is 143 cm³/mol. The lowest BCUT2D eigenvalue weighted by atomic mass is 10.1. The lowest BCUT2D eigenvalue weighted by molar-refractivity contribution is -0.122. The third kappa shape index (κ3) is 6.22. The summed E-state index contributed by atoms with van der Waals surface area (Å²) in [5.41, 5.74) is 2.34. The Bertz CT molecular complexity index is 1210. The van der Waals surface area contributed by atoms with Crippen LogP contribution in [0.5, 0.6) is 11.5 Å². The molecule has 3 aromatic rings. The number of rotatable bonds is 7. The van der Waals surface area contributed by atoms with Gasteiger partial charge < -0.3 is 24.6 Å². The molecule has 7 nitrogen and oxygen atoms in total. The molecule has 1 N–H and O–H groups in total. The molecule has 1 fully saturated rings. The maximum absolute atomic E-state index is 12.8. The van der Waals surface area contributed by atoms with Gasteiger partial charge in [-0.05, 0) is 73.7 Å². The molecule has 3 aromatic carbocycles. The number of nitrogens with zero attached hydrogens (tertiary/aromatic N) is 2. The van der Waals surface area contributed by atoms with Crippen molar-refractivity contribution in [2.45, 2.75) is 13.0 Å². The van der Waals surface area contributed by atoms with Crippen molar-refractivity contribution >= 4 is 46.4 Å². The number of carbonyl (C=O) groups excluding carboxylic acids is 2. The van der Waals surface area contributed by atoms with Gasteiger partial charge in [-0.15, -0.1) is 0 Å². The Hall–Kier alpha value is -3.42. The SMILES string of the molecule is COc1ccc(C(=O)N2CCN(c3ccc(NC(=O)C(C)Oc4ccc(Cl)cc4Cl)cc3)CC2)cc1. The molecule has 0 radical (unpaired) electrons. The fourth-order valence-corrected chi connectivity index (χ4v) is 4.35. The second-order valence-corrected chi connectivity index (χ2v) is 9.22. The van der Waals surface area contributed by atoms with E-state index < -0.39 is 6.10 Å². The fourth-order valence-electron chi connectivity index (χ4n) is 3.90. The predicted octanol–water partition coefficient (Wildman–Crippen LogP) is 5.37. The number of ether oxygens (including phenoxy) is 2. The van der Waals surface area contributed by atoms with Gasteiger partial charge in [0.2, 0.25) is 0 Å². The molecule has 1 saturated heterocycles. The minimum absolute atomic E-state index is 0.0200. The lowest BCUT2D eigenvalue weighted by Crippen LogP contribution is -2.48.